The van der Waals surface area contributed by atoms with Gasteiger partial charge < -0.3 is 24.0 Å². The minimum atomic E-state index is -0.516. The zero-order chi connectivity index (χ0) is 24.1. The molecule has 0 radical (unpaired) electrons. The van der Waals surface area contributed by atoms with Gasteiger partial charge in [-0.15, -0.1) is 0 Å². The third kappa shape index (κ3) is 6.01. The molecule has 2 aliphatic heterocycles. The normalized spacial score (nSPS) is 17.8. The molecule has 7 heteroatoms. The van der Waals surface area contributed by atoms with Gasteiger partial charge in [0, 0.05) is 25.2 Å². The molecule has 0 aromatic heterocycles. The molecule has 0 bridgehead atoms. The van der Waals surface area contributed by atoms with Crippen molar-refractivity contribution in [2.24, 2.45) is 0 Å². The predicted molar refractivity (Wildman–Crippen MR) is 129 cm³/mol. The van der Waals surface area contributed by atoms with E-state index >= 15 is 0 Å². The van der Waals surface area contributed by atoms with Gasteiger partial charge in [0.25, 0.3) is 0 Å². The Kier molecular flexibility index (Phi) is 7.29. The van der Waals surface area contributed by atoms with Crippen molar-refractivity contribution in [2.75, 3.05) is 19.7 Å². The molecule has 0 N–H and O–H groups in total. The van der Waals surface area contributed by atoms with E-state index in [4.69, 9.17) is 14.2 Å². The largest absolute Gasteiger partial charge is 0.491 e. The molecule has 2 aliphatic rings. The monoisotopic (exact) mass is 466 g/mol. The first kappa shape index (κ1) is 23.9. The fraction of sp³-hybridized carbons (Fsp3) is 0.481. The van der Waals surface area contributed by atoms with Gasteiger partial charge in [-0.25, -0.2) is 9.59 Å². The van der Waals surface area contributed by atoms with Crippen LogP contribution in [0.25, 0.3) is 0 Å². The average Bonchev–Trinajstić information content (AvgIpc) is 3.29. The maximum Gasteiger partial charge on any atom is 0.410 e. The molecule has 1 atom stereocenters. The molecule has 1 saturated heterocycles. The van der Waals surface area contributed by atoms with Crippen LogP contribution < -0.4 is 4.74 Å². The number of hydrogen-bond donors (Lipinski definition) is 0. The summed E-state index contributed by atoms with van der Waals surface area (Å²) in [6, 6.07) is 15.6. The van der Waals surface area contributed by atoms with Crippen LogP contribution in [0.15, 0.2) is 48.5 Å². The number of nitrogens with zero attached hydrogens (tertiary/aromatic N) is 2. The van der Waals surface area contributed by atoms with E-state index in [9.17, 15) is 9.59 Å². The summed E-state index contributed by atoms with van der Waals surface area (Å²) in [6.07, 6.45) is 1.95. The van der Waals surface area contributed by atoms with E-state index in [2.05, 4.69) is 0 Å². The molecule has 7 nitrogen and oxygen atoms in total. The van der Waals surface area contributed by atoms with Gasteiger partial charge in [-0.2, -0.15) is 0 Å². The van der Waals surface area contributed by atoms with Crippen LogP contribution in [-0.2, 0) is 29.0 Å². The molecule has 0 aliphatic carbocycles. The number of ether oxygens (including phenoxy) is 3. The van der Waals surface area contributed by atoms with Gasteiger partial charge in [0.1, 0.15) is 24.6 Å². The number of rotatable bonds is 5. The van der Waals surface area contributed by atoms with Gasteiger partial charge in [-0.05, 0) is 57.2 Å². The quantitative estimate of drug-likeness (QED) is 0.609. The van der Waals surface area contributed by atoms with E-state index in [1.807, 2.05) is 69.3 Å². The Bertz CT molecular complexity index is 1000. The highest BCUT2D eigenvalue weighted by atomic mass is 16.6. The van der Waals surface area contributed by atoms with E-state index in [0.29, 0.717) is 32.7 Å². The second kappa shape index (κ2) is 10.4. The second-order valence-corrected chi connectivity index (χ2v) is 9.89. The van der Waals surface area contributed by atoms with Gasteiger partial charge in [0.05, 0.1) is 6.04 Å². The predicted octanol–water partition coefficient (Wildman–Crippen LogP) is 5.16. The van der Waals surface area contributed by atoms with Crippen molar-refractivity contribution in [1.29, 1.82) is 0 Å². The van der Waals surface area contributed by atoms with Crippen molar-refractivity contribution in [3.05, 3.63) is 65.2 Å². The molecule has 2 aromatic rings. The van der Waals surface area contributed by atoms with E-state index in [0.717, 1.165) is 35.3 Å². The van der Waals surface area contributed by atoms with E-state index < -0.39 is 5.60 Å². The minimum absolute atomic E-state index is 0.0130. The van der Waals surface area contributed by atoms with E-state index in [1.165, 1.54) is 0 Å². The highest BCUT2D eigenvalue weighted by Crippen LogP contribution is 2.30. The van der Waals surface area contributed by atoms with Crippen molar-refractivity contribution in [2.45, 2.75) is 64.8 Å². The zero-order valence-corrected chi connectivity index (χ0v) is 20.3. The third-order valence-electron chi connectivity index (χ3n) is 6.12. The summed E-state index contributed by atoms with van der Waals surface area (Å²) < 4.78 is 17.3. The molecule has 0 unspecified atom stereocenters. The summed E-state index contributed by atoms with van der Waals surface area (Å²) in [5, 5.41) is 0. The Balaban J connectivity index is 1.33. The number of benzene rings is 2. The fourth-order valence-corrected chi connectivity index (χ4v) is 4.43. The lowest BCUT2D eigenvalue weighted by Gasteiger charge is -2.32. The number of carbonyl (C=O) groups is 2. The van der Waals surface area contributed by atoms with Crippen molar-refractivity contribution in [3.8, 4) is 5.75 Å². The number of hydrogen-bond acceptors (Lipinski definition) is 5. The maximum atomic E-state index is 12.7. The maximum absolute atomic E-state index is 12.7. The van der Waals surface area contributed by atoms with Gasteiger partial charge >= 0.3 is 12.2 Å². The lowest BCUT2D eigenvalue weighted by molar-refractivity contribution is 0.0223. The average molecular weight is 467 g/mol. The molecule has 0 spiro atoms. The van der Waals surface area contributed by atoms with Crippen LogP contribution in [0.3, 0.4) is 0 Å². The third-order valence-corrected chi connectivity index (χ3v) is 6.12. The van der Waals surface area contributed by atoms with Crippen molar-refractivity contribution in [1.82, 2.24) is 9.80 Å². The summed E-state index contributed by atoms with van der Waals surface area (Å²) in [4.78, 5) is 28.7. The highest BCUT2D eigenvalue weighted by molar-refractivity contribution is 5.69. The van der Waals surface area contributed by atoms with Crippen LogP contribution in [0.4, 0.5) is 9.59 Å². The topological polar surface area (TPSA) is 68.3 Å². The lowest BCUT2D eigenvalue weighted by atomic mass is 9.99. The molecule has 4 rings (SSSR count). The number of fused-ring (bicyclic) bond motifs is 1. The van der Waals surface area contributed by atoms with Crippen molar-refractivity contribution >= 4 is 12.2 Å². The summed E-state index contributed by atoms with van der Waals surface area (Å²) in [7, 11) is 0. The molecule has 1 fully saturated rings. The van der Waals surface area contributed by atoms with Crippen LogP contribution in [0.5, 0.6) is 5.75 Å². The Labute approximate surface area is 201 Å². The van der Waals surface area contributed by atoms with Crippen LogP contribution in [0, 0.1) is 0 Å². The van der Waals surface area contributed by atoms with Crippen LogP contribution in [-0.4, -0.2) is 53.3 Å². The van der Waals surface area contributed by atoms with Crippen molar-refractivity contribution in [3.63, 3.8) is 0 Å². The van der Waals surface area contributed by atoms with Crippen molar-refractivity contribution < 1.29 is 23.8 Å². The smallest absolute Gasteiger partial charge is 0.410 e. The van der Waals surface area contributed by atoms with Gasteiger partial charge in [-0.1, -0.05) is 42.5 Å². The summed E-state index contributed by atoms with van der Waals surface area (Å²) in [6.45, 7) is 8.08. The molecule has 34 heavy (non-hydrogen) atoms. The Morgan fingerprint density at radius 3 is 2.56 bits per heavy atom. The SMILES string of the molecule is CC(C)(C)OC(=O)N1CCc2c(cccc2OC[C@@H]2CCCN2C(=O)OCc2ccccc2)C1. The fourth-order valence-electron chi connectivity index (χ4n) is 4.43. The molecule has 2 amide bonds. The molecular weight excluding hydrogens is 432 g/mol. The Morgan fingerprint density at radius 2 is 1.79 bits per heavy atom. The first-order valence-electron chi connectivity index (χ1n) is 12.0. The standard InChI is InChI=1S/C27H34N2O5/c1-27(2,3)34-25(30)28-16-14-23-21(17-28)11-7-13-24(23)32-19-22-12-8-15-29(22)26(31)33-18-20-9-5-4-6-10-20/h4-7,9-11,13,22H,8,12,14-19H2,1-3H3/t22-/m0/s1. The van der Waals surface area contributed by atoms with Crippen LogP contribution >= 0.6 is 0 Å². The van der Waals surface area contributed by atoms with E-state index in [-0.39, 0.29) is 24.8 Å². The first-order chi connectivity index (χ1) is 16.3. The number of carbonyl (C=O) groups excluding carboxylic acids is 2. The first-order valence-corrected chi connectivity index (χ1v) is 12.0. The number of likely N-dealkylation sites (tertiary alicyclic amines) is 1. The van der Waals surface area contributed by atoms with Gasteiger partial charge in [0.15, 0.2) is 0 Å². The molecule has 182 valence electrons. The summed E-state index contributed by atoms with van der Waals surface area (Å²) in [5.74, 6) is 0.825. The molecule has 2 aromatic carbocycles. The Hall–Kier alpha value is -3.22. The molecular formula is C27H34N2O5. The van der Waals surface area contributed by atoms with Gasteiger partial charge in [-0.3, -0.25) is 0 Å². The summed E-state index contributed by atoms with van der Waals surface area (Å²) >= 11 is 0. The lowest BCUT2D eigenvalue weighted by Crippen LogP contribution is -2.40. The molecule has 2 heterocycles. The van der Waals surface area contributed by atoms with Crippen LogP contribution in [0.2, 0.25) is 0 Å². The summed E-state index contributed by atoms with van der Waals surface area (Å²) in [5.41, 5.74) is 2.65. The van der Waals surface area contributed by atoms with Gasteiger partial charge in [0.2, 0.25) is 0 Å². The van der Waals surface area contributed by atoms with E-state index in [1.54, 1.807) is 9.80 Å². The molecule has 0 saturated carbocycles. The number of amides is 2. The second-order valence-electron chi connectivity index (χ2n) is 9.89. The Morgan fingerprint density at radius 1 is 1.00 bits per heavy atom. The minimum Gasteiger partial charge on any atom is -0.491 e. The van der Waals surface area contributed by atoms with Crippen LogP contribution in [0.1, 0.15) is 50.3 Å². The zero-order valence-electron chi connectivity index (χ0n) is 20.3. The highest BCUT2D eigenvalue weighted by Gasteiger charge is 2.31.